The number of rotatable bonds is 5. The number of fused-ring (bicyclic) bond motifs is 1. The highest BCUT2D eigenvalue weighted by atomic mass is 127. The predicted molar refractivity (Wildman–Crippen MR) is 124 cm³/mol. The Kier molecular flexibility index (Phi) is 8.05. The molecule has 5 nitrogen and oxygen atoms in total. The van der Waals surface area contributed by atoms with Crippen LogP contribution >= 0.6 is 58.3 Å². The third kappa shape index (κ3) is 5.51. The van der Waals surface area contributed by atoms with Gasteiger partial charge in [-0.05, 0) is 32.0 Å². The van der Waals surface area contributed by atoms with Crippen molar-refractivity contribution in [1.29, 1.82) is 0 Å². The number of halogens is 2. The number of nitrogens with zero attached hydrogens (tertiary/aromatic N) is 3. The van der Waals surface area contributed by atoms with E-state index in [-0.39, 0.29) is 24.0 Å². The Bertz CT molecular complexity index is 886. The van der Waals surface area contributed by atoms with E-state index in [0.29, 0.717) is 11.6 Å². The van der Waals surface area contributed by atoms with Crippen molar-refractivity contribution in [3.63, 3.8) is 0 Å². The smallest absolute Gasteiger partial charge is 0.191 e. The number of nitrogens with one attached hydrogen (secondary N) is 2. The van der Waals surface area contributed by atoms with Crippen LogP contribution in [0, 0.1) is 13.8 Å². The van der Waals surface area contributed by atoms with Crippen molar-refractivity contribution in [2.24, 2.45) is 4.99 Å². The molecule has 1 aromatic carbocycles. The van der Waals surface area contributed by atoms with E-state index >= 15 is 0 Å². The van der Waals surface area contributed by atoms with Crippen molar-refractivity contribution >= 4 is 74.4 Å². The maximum absolute atomic E-state index is 6.01. The van der Waals surface area contributed by atoms with E-state index in [2.05, 4.69) is 39.4 Å². The van der Waals surface area contributed by atoms with Crippen LogP contribution in [-0.4, -0.2) is 29.5 Å². The molecular weight excluding hydrogens is 501 g/mol. The van der Waals surface area contributed by atoms with E-state index in [4.69, 9.17) is 11.6 Å². The molecule has 26 heavy (non-hydrogen) atoms. The van der Waals surface area contributed by atoms with E-state index in [1.165, 1.54) is 4.88 Å². The molecule has 0 amide bonds. The first-order valence-corrected chi connectivity index (χ1v) is 9.98. The minimum absolute atomic E-state index is 0. The van der Waals surface area contributed by atoms with Gasteiger partial charge in [0.05, 0.1) is 27.5 Å². The molecule has 0 unspecified atom stereocenters. The molecule has 0 fully saturated rings. The number of hydrogen-bond donors (Lipinski definition) is 2. The van der Waals surface area contributed by atoms with Gasteiger partial charge >= 0.3 is 0 Å². The van der Waals surface area contributed by atoms with Crippen LogP contribution in [0.2, 0.25) is 5.02 Å². The minimum atomic E-state index is 0. The van der Waals surface area contributed by atoms with Crippen LogP contribution in [0.1, 0.15) is 20.6 Å². The van der Waals surface area contributed by atoms with Gasteiger partial charge in [0, 0.05) is 29.9 Å². The highest BCUT2D eigenvalue weighted by Gasteiger charge is 2.07. The van der Waals surface area contributed by atoms with E-state index < -0.39 is 0 Å². The molecule has 9 heteroatoms. The molecule has 0 bridgehead atoms. The molecule has 0 aliphatic rings. The summed E-state index contributed by atoms with van der Waals surface area (Å²) >= 11 is 9.43. The van der Waals surface area contributed by atoms with Crippen molar-refractivity contribution in [2.75, 3.05) is 13.6 Å². The minimum Gasteiger partial charge on any atom is -0.356 e. The second kappa shape index (κ2) is 9.82. The molecule has 0 atom stereocenters. The van der Waals surface area contributed by atoms with Crippen molar-refractivity contribution in [1.82, 2.24) is 20.6 Å². The molecule has 2 aromatic heterocycles. The number of aryl methyl sites for hydroxylation is 2. The molecule has 0 radical (unpaired) electrons. The van der Waals surface area contributed by atoms with E-state index in [0.717, 1.165) is 44.9 Å². The van der Waals surface area contributed by atoms with Gasteiger partial charge in [0.1, 0.15) is 5.01 Å². The van der Waals surface area contributed by atoms with Gasteiger partial charge in [0.2, 0.25) is 0 Å². The van der Waals surface area contributed by atoms with Gasteiger partial charge in [-0.3, -0.25) is 4.99 Å². The van der Waals surface area contributed by atoms with Gasteiger partial charge in [-0.15, -0.1) is 46.7 Å². The summed E-state index contributed by atoms with van der Waals surface area (Å²) in [7, 11) is 1.77. The summed E-state index contributed by atoms with van der Waals surface area (Å²) in [6, 6.07) is 5.79. The largest absolute Gasteiger partial charge is 0.356 e. The highest BCUT2D eigenvalue weighted by molar-refractivity contribution is 14.0. The second-order valence-corrected chi connectivity index (χ2v) is 8.41. The fourth-order valence-electron chi connectivity index (χ4n) is 2.34. The van der Waals surface area contributed by atoms with E-state index in [1.807, 2.05) is 18.2 Å². The first-order valence-electron chi connectivity index (χ1n) is 7.97. The van der Waals surface area contributed by atoms with Crippen LogP contribution in [0.15, 0.2) is 23.2 Å². The van der Waals surface area contributed by atoms with Gasteiger partial charge in [0.25, 0.3) is 0 Å². The van der Waals surface area contributed by atoms with Gasteiger partial charge in [-0.2, -0.15) is 0 Å². The zero-order valence-corrected chi connectivity index (χ0v) is 19.5. The lowest BCUT2D eigenvalue weighted by Crippen LogP contribution is -2.37. The van der Waals surface area contributed by atoms with Crippen LogP contribution in [0.25, 0.3) is 10.2 Å². The monoisotopic (exact) mass is 521 g/mol. The molecule has 2 heterocycles. The number of aliphatic imine (C=N–C) groups is 1. The molecule has 0 spiro atoms. The fourth-order valence-corrected chi connectivity index (χ4v) is 4.33. The Morgan fingerprint density at radius 1 is 1.15 bits per heavy atom. The quantitative estimate of drug-likeness (QED) is 0.294. The van der Waals surface area contributed by atoms with Crippen LogP contribution in [-0.2, 0) is 13.0 Å². The number of benzene rings is 1. The summed E-state index contributed by atoms with van der Waals surface area (Å²) in [6.45, 7) is 5.58. The Balaban J connectivity index is 0.00000243. The standard InChI is InChI=1S/C17H20ClN5S2.HI/c1-10-11(2)24-15(22-10)6-7-20-17(19-3)21-9-16-23-13-8-12(18)4-5-14(13)25-16;/h4-5,8H,6-7,9H2,1-3H3,(H2,19,20,21);1H. The lowest BCUT2D eigenvalue weighted by molar-refractivity contribution is 0.789. The summed E-state index contributed by atoms with van der Waals surface area (Å²) in [4.78, 5) is 14.7. The predicted octanol–water partition coefficient (Wildman–Crippen LogP) is 4.55. The van der Waals surface area contributed by atoms with E-state index in [1.54, 1.807) is 29.7 Å². The molecule has 3 rings (SSSR count). The summed E-state index contributed by atoms with van der Waals surface area (Å²) in [5.41, 5.74) is 2.06. The first kappa shape index (κ1) is 21.3. The van der Waals surface area contributed by atoms with Crippen molar-refractivity contribution < 1.29 is 0 Å². The zero-order valence-electron chi connectivity index (χ0n) is 14.8. The van der Waals surface area contributed by atoms with Crippen LogP contribution in [0.3, 0.4) is 0 Å². The Labute approximate surface area is 183 Å². The lowest BCUT2D eigenvalue weighted by Gasteiger charge is -2.09. The van der Waals surface area contributed by atoms with Crippen molar-refractivity contribution in [2.45, 2.75) is 26.8 Å². The topological polar surface area (TPSA) is 62.2 Å². The van der Waals surface area contributed by atoms with Gasteiger partial charge in [-0.1, -0.05) is 11.6 Å². The zero-order chi connectivity index (χ0) is 17.8. The number of guanidine groups is 1. The van der Waals surface area contributed by atoms with Crippen LogP contribution in [0.4, 0.5) is 0 Å². The second-order valence-electron chi connectivity index (χ2n) is 5.57. The maximum Gasteiger partial charge on any atom is 0.191 e. The fraction of sp³-hybridized carbons (Fsp3) is 0.353. The molecule has 0 aliphatic carbocycles. The maximum atomic E-state index is 6.01. The SMILES string of the molecule is CN=C(NCCc1nc(C)c(C)s1)NCc1nc2cc(Cl)ccc2s1.I. The summed E-state index contributed by atoms with van der Waals surface area (Å²) in [6.07, 6.45) is 0.889. The third-order valence-corrected chi connectivity index (χ3v) is 6.13. The van der Waals surface area contributed by atoms with Crippen LogP contribution in [0.5, 0.6) is 0 Å². The molecule has 2 N–H and O–H groups in total. The van der Waals surface area contributed by atoms with Gasteiger partial charge in [-0.25, -0.2) is 9.97 Å². The number of thiazole rings is 2. The highest BCUT2D eigenvalue weighted by Crippen LogP contribution is 2.24. The number of hydrogen-bond acceptors (Lipinski definition) is 5. The molecular formula is C17H21ClIN5S2. The lowest BCUT2D eigenvalue weighted by atomic mass is 10.3. The average Bonchev–Trinajstić information content (AvgIpc) is 3.13. The number of aromatic nitrogens is 2. The Morgan fingerprint density at radius 3 is 2.65 bits per heavy atom. The molecule has 140 valence electrons. The third-order valence-electron chi connectivity index (χ3n) is 3.73. The van der Waals surface area contributed by atoms with Crippen LogP contribution < -0.4 is 10.6 Å². The molecule has 0 saturated carbocycles. The van der Waals surface area contributed by atoms with Gasteiger partial charge in [0.15, 0.2) is 5.96 Å². The molecule has 0 saturated heterocycles. The molecule has 3 aromatic rings. The Morgan fingerprint density at radius 2 is 1.96 bits per heavy atom. The molecule has 0 aliphatic heterocycles. The van der Waals surface area contributed by atoms with Crippen molar-refractivity contribution in [3.05, 3.63) is 43.8 Å². The normalized spacial score (nSPS) is 11.5. The average molecular weight is 522 g/mol. The van der Waals surface area contributed by atoms with Crippen molar-refractivity contribution in [3.8, 4) is 0 Å². The summed E-state index contributed by atoms with van der Waals surface area (Å²) < 4.78 is 1.14. The summed E-state index contributed by atoms with van der Waals surface area (Å²) in [5.74, 6) is 0.766. The summed E-state index contributed by atoms with van der Waals surface area (Å²) in [5, 5.41) is 9.49. The Hall–Kier alpha value is -0.970. The first-order chi connectivity index (χ1) is 12.0. The van der Waals surface area contributed by atoms with E-state index in [9.17, 15) is 0 Å². The van der Waals surface area contributed by atoms with Gasteiger partial charge < -0.3 is 10.6 Å².